The Bertz CT molecular complexity index is 813. The van der Waals surface area contributed by atoms with E-state index >= 15 is 0 Å². The van der Waals surface area contributed by atoms with Crippen LogP contribution in [0.25, 0.3) is 21.8 Å². The lowest BCUT2D eigenvalue weighted by atomic mass is 10.1. The number of benzene rings is 2. The predicted molar refractivity (Wildman–Crippen MR) is 87.6 cm³/mol. The Morgan fingerprint density at radius 2 is 1.86 bits per heavy atom. The van der Waals surface area contributed by atoms with Crippen molar-refractivity contribution in [3.63, 3.8) is 0 Å². The van der Waals surface area contributed by atoms with Crippen LogP contribution in [-0.4, -0.2) is 16.1 Å². The lowest BCUT2D eigenvalue weighted by Gasteiger charge is -1.99. The van der Waals surface area contributed by atoms with Crippen molar-refractivity contribution in [1.82, 2.24) is 4.98 Å². The quantitative estimate of drug-likeness (QED) is 0.720. The largest absolute Gasteiger partial charge is 0.478 e. The molecule has 0 bridgehead atoms. The smallest absolute Gasteiger partial charge is 0.335 e. The Labute approximate surface area is 134 Å². The van der Waals surface area contributed by atoms with Crippen molar-refractivity contribution < 1.29 is 9.90 Å². The van der Waals surface area contributed by atoms with Crippen LogP contribution in [0.2, 0.25) is 0 Å². The summed E-state index contributed by atoms with van der Waals surface area (Å²) in [4.78, 5) is 15.6. The van der Waals surface area contributed by atoms with Crippen LogP contribution >= 0.6 is 27.3 Å². The maximum Gasteiger partial charge on any atom is 0.335 e. The molecule has 0 unspecified atom stereocenters. The molecular weight excluding hydrogens is 350 g/mol. The topological polar surface area (TPSA) is 50.2 Å². The third-order valence-corrected chi connectivity index (χ3v) is 4.37. The summed E-state index contributed by atoms with van der Waals surface area (Å²) in [6, 6.07) is 14.8. The Kier molecular flexibility index (Phi) is 3.86. The highest BCUT2D eigenvalue weighted by atomic mass is 79.9. The van der Waals surface area contributed by atoms with Crippen molar-refractivity contribution in [2.75, 3.05) is 0 Å². The maximum absolute atomic E-state index is 11.0. The minimum atomic E-state index is -0.931. The number of halogens is 1. The maximum atomic E-state index is 11.0. The van der Waals surface area contributed by atoms with Crippen LogP contribution in [-0.2, 0) is 0 Å². The fraction of sp³-hybridized carbons (Fsp3) is 0. The molecule has 1 N–H and O–H groups in total. The second kappa shape index (κ2) is 5.79. The highest BCUT2D eigenvalue weighted by Gasteiger charge is 2.09. The van der Waals surface area contributed by atoms with Crippen molar-refractivity contribution in [1.29, 1.82) is 0 Å². The Morgan fingerprint density at radius 3 is 2.62 bits per heavy atom. The van der Waals surface area contributed by atoms with Crippen molar-refractivity contribution in [2.45, 2.75) is 0 Å². The van der Waals surface area contributed by atoms with E-state index in [2.05, 4.69) is 20.9 Å². The first kappa shape index (κ1) is 14.0. The molecule has 0 saturated heterocycles. The summed E-state index contributed by atoms with van der Waals surface area (Å²) >= 11 is 4.99. The summed E-state index contributed by atoms with van der Waals surface area (Å²) in [5, 5.41) is 11.9. The molecule has 1 aromatic heterocycles. The van der Waals surface area contributed by atoms with Gasteiger partial charge >= 0.3 is 5.97 Å². The monoisotopic (exact) mass is 359 g/mol. The summed E-state index contributed by atoms with van der Waals surface area (Å²) in [6.07, 6.45) is 0. The Hall–Kier alpha value is -1.98. The van der Waals surface area contributed by atoms with E-state index < -0.39 is 5.97 Å². The second-order valence-corrected chi connectivity index (χ2v) is 6.21. The standard InChI is InChI=1S/C16H10BrNO2S/c17-13-6-2-4-11(8-13)15-18-14(9-21-15)10-3-1-5-12(7-10)16(19)20/h1-9H,(H,19,20). The first-order valence-electron chi connectivity index (χ1n) is 6.19. The zero-order chi connectivity index (χ0) is 14.8. The van der Waals surface area contributed by atoms with E-state index in [4.69, 9.17) is 5.11 Å². The highest BCUT2D eigenvalue weighted by Crippen LogP contribution is 2.30. The molecule has 3 rings (SSSR count). The summed E-state index contributed by atoms with van der Waals surface area (Å²) in [5.41, 5.74) is 2.91. The van der Waals surface area contributed by atoms with E-state index in [9.17, 15) is 4.79 Å². The molecule has 0 aliphatic heterocycles. The van der Waals surface area contributed by atoms with Crippen LogP contribution in [0.1, 0.15) is 10.4 Å². The van der Waals surface area contributed by atoms with Gasteiger partial charge in [-0.15, -0.1) is 11.3 Å². The van der Waals surface area contributed by atoms with E-state index in [1.807, 2.05) is 35.7 Å². The average molecular weight is 360 g/mol. The number of aromatic nitrogens is 1. The number of rotatable bonds is 3. The fourth-order valence-electron chi connectivity index (χ4n) is 1.97. The number of aromatic carboxylic acids is 1. The van der Waals surface area contributed by atoms with Crippen LogP contribution in [0.5, 0.6) is 0 Å². The van der Waals surface area contributed by atoms with Crippen molar-refractivity contribution in [3.05, 3.63) is 63.9 Å². The molecule has 5 heteroatoms. The average Bonchev–Trinajstić information content (AvgIpc) is 2.97. The van der Waals surface area contributed by atoms with Gasteiger partial charge < -0.3 is 5.11 Å². The number of hydrogen-bond donors (Lipinski definition) is 1. The summed E-state index contributed by atoms with van der Waals surface area (Å²) in [5.74, 6) is -0.931. The number of thiazole rings is 1. The lowest BCUT2D eigenvalue weighted by Crippen LogP contribution is -1.95. The third-order valence-electron chi connectivity index (χ3n) is 2.98. The lowest BCUT2D eigenvalue weighted by molar-refractivity contribution is 0.0697. The molecule has 0 radical (unpaired) electrons. The van der Waals surface area contributed by atoms with Gasteiger partial charge in [0.2, 0.25) is 0 Å². The first-order valence-corrected chi connectivity index (χ1v) is 7.86. The Balaban J connectivity index is 1.98. The van der Waals surface area contributed by atoms with E-state index in [1.54, 1.807) is 29.5 Å². The summed E-state index contributed by atoms with van der Waals surface area (Å²) in [6.45, 7) is 0. The van der Waals surface area contributed by atoms with Gasteiger partial charge in [-0.1, -0.05) is 40.2 Å². The van der Waals surface area contributed by atoms with Crippen LogP contribution < -0.4 is 0 Å². The number of nitrogens with zero attached hydrogens (tertiary/aromatic N) is 1. The van der Waals surface area contributed by atoms with E-state index in [0.29, 0.717) is 0 Å². The highest BCUT2D eigenvalue weighted by molar-refractivity contribution is 9.10. The molecule has 104 valence electrons. The number of carboxylic acid groups (broad SMARTS) is 1. The fourth-order valence-corrected chi connectivity index (χ4v) is 3.20. The molecule has 0 atom stereocenters. The normalized spacial score (nSPS) is 10.5. The SMILES string of the molecule is O=C(O)c1cccc(-c2csc(-c3cccc(Br)c3)n2)c1. The molecule has 0 spiro atoms. The van der Waals surface area contributed by atoms with Gasteiger partial charge in [-0.25, -0.2) is 9.78 Å². The molecule has 0 fully saturated rings. The van der Waals surface area contributed by atoms with E-state index in [0.717, 1.165) is 26.3 Å². The molecule has 0 amide bonds. The third kappa shape index (κ3) is 3.04. The van der Waals surface area contributed by atoms with Gasteiger partial charge in [0, 0.05) is 21.0 Å². The van der Waals surface area contributed by atoms with Gasteiger partial charge in [0.25, 0.3) is 0 Å². The van der Waals surface area contributed by atoms with Gasteiger partial charge in [-0.2, -0.15) is 0 Å². The predicted octanol–water partition coefficient (Wildman–Crippen LogP) is 4.94. The van der Waals surface area contributed by atoms with Crippen molar-refractivity contribution >= 4 is 33.2 Å². The molecule has 0 saturated carbocycles. The van der Waals surface area contributed by atoms with Gasteiger partial charge in [0.15, 0.2) is 0 Å². The second-order valence-electron chi connectivity index (χ2n) is 4.43. The number of hydrogen-bond acceptors (Lipinski definition) is 3. The minimum Gasteiger partial charge on any atom is -0.478 e. The molecule has 21 heavy (non-hydrogen) atoms. The van der Waals surface area contributed by atoms with E-state index in [-0.39, 0.29) is 5.56 Å². The molecule has 3 nitrogen and oxygen atoms in total. The molecule has 2 aromatic carbocycles. The van der Waals surface area contributed by atoms with Gasteiger partial charge in [-0.05, 0) is 24.3 Å². The molecule has 1 heterocycles. The summed E-state index contributed by atoms with van der Waals surface area (Å²) < 4.78 is 1.00. The minimum absolute atomic E-state index is 0.268. The van der Waals surface area contributed by atoms with Gasteiger partial charge in [0.1, 0.15) is 5.01 Å². The van der Waals surface area contributed by atoms with Gasteiger partial charge in [0.05, 0.1) is 11.3 Å². The van der Waals surface area contributed by atoms with Crippen LogP contribution in [0.3, 0.4) is 0 Å². The van der Waals surface area contributed by atoms with Crippen molar-refractivity contribution in [2.24, 2.45) is 0 Å². The van der Waals surface area contributed by atoms with Crippen LogP contribution in [0.15, 0.2) is 58.4 Å². The first-order chi connectivity index (χ1) is 10.1. The summed E-state index contributed by atoms with van der Waals surface area (Å²) in [7, 11) is 0. The Morgan fingerprint density at radius 1 is 1.10 bits per heavy atom. The van der Waals surface area contributed by atoms with Gasteiger partial charge in [-0.3, -0.25) is 0 Å². The van der Waals surface area contributed by atoms with Crippen molar-refractivity contribution in [3.8, 4) is 21.8 Å². The van der Waals surface area contributed by atoms with Crippen LogP contribution in [0, 0.1) is 0 Å². The van der Waals surface area contributed by atoms with Crippen LogP contribution in [0.4, 0.5) is 0 Å². The molecular formula is C16H10BrNO2S. The van der Waals surface area contributed by atoms with E-state index in [1.165, 1.54) is 0 Å². The molecule has 3 aromatic rings. The zero-order valence-corrected chi connectivity index (χ0v) is 13.2. The molecule has 0 aliphatic rings. The number of carbonyl (C=O) groups is 1. The molecule has 0 aliphatic carbocycles. The zero-order valence-electron chi connectivity index (χ0n) is 10.8. The number of carboxylic acids is 1.